The van der Waals surface area contributed by atoms with Crippen LogP contribution in [0.3, 0.4) is 0 Å². The average molecular weight is 263 g/mol. The molecule has 3 heteroatoms. The Morgan fingerprint density at radius 1 is 1.21 bits per heavy atom. The van der Waals surface area contributed by atoms with Crippen LogP contribution >= 0.6 is 0 Å². The summed E-state index contributed by atoms with van der Waals surface area (Å²) in [6.45, 7) is 10.3. The van der Waals surface area contributed by atoms with Crippen molar-refractivity contribution in [1.29, 1.82) is 0 Å². The first-order valence-electron chi connectivity index (χ1n) is 7.21. The summed E-state index contributed by atoms with van der Waals surface area (Å²) in [5, 5.41) is 3.52. The molecule has 1 aliphatic rings. The zero-order valence-electron chi connectivity index (χ0n) is 12.4. The fourth-order valence-corrected chi connectivity index (χ4v) is 2.65. The highest BCUT2D eigenvalue weighted by Crippen LogP contribution is 2.44. The minimum Gasteiger partial charge on any atom is -0.490 e. The van der Waals surface area contributed by atoms with E-state index >= 15 is 0 Å². The van der Waals surface area contributed by atoms with E-state index in [4.69, 9.17) is 9.47 Å². The van der Waals surface area contributed by atoms with Crippen LogP contribution in [0, 0.1) is 5.41 Å². The number of rotatable bonds is 6. The Morgan fingerprint density at radius 2 is 1.89 bits per heavy atom. The summed E-state index contributed by atoms with van der Waals surface area (Å²) >= 11 is 0. The van der Waals surface area contributed by atoms with Crippen LogP contribution in [0.15, 0.2) is 24.3 Å². The molecule has 0 spiro atoms. The van der Waals surface area contributed by atoms with E-state index < -0.39 is 0 Å². The van der Waals surface area contributed by atoms with E-state index in [0.717, 1.165) is 24.5 Å². The van der Waals surface area contributed by atoms with Gasteiger partial charge in [0.1, 0.15) is 6.10 Å². The van der Waals surface area contributed by atoms with E-state index in [1.165, 1.54) is 0 Å². The minimum atomic E-state index is 0.162. The molecule has 0 amide bonds. The molecule has 1 saturated carbocycles. The van der Waals surface area contributed by atoms with Gasteiger partial charge in [-0.15, -0.1) is 0 Å². The van der Waals surface area contributed by atoms with Crippen molar-refractivity contribution in [2.75, 3.05) is 13.2 Å². The minimum absolute atomic E-state index is 0.162. The van der Waals surface area contributed by atoms with Gasteiger partial charge in [0.25, 0.3) is 0 Å². The summed E-state index contributed by atoms with van der Waals surface area (Å²) in [5.41, 5.74) is 0.162. The lowest BCUT2D eigenvalue weighted by atomic mass is 9.64. The number of benzene rings is 1. The maximum Gasteiger partial charge on any atom is 0.161 e. The normalized spacial score (nSPS) is 24.6. The van der Waals surface area contributed by atoms with Crippen LogP contribution in [-0.2, 0) is 0 Å². The second-order valence-electron chi connectivity index (χ2n) is 5.65. The highest BCUT2D eigenvalue weighted by Gasteiger charge is 2.49. The molecule has 0 aromatic heterocycles. The van der Waals surface area contributed by atoms with Crippen LogP contribution in [0.4, 0.5) is 0 Å². The highest BCUT2D eigenvalue weighted by molar-refractivity contribution is 5.40. The van der Waals surface area contributed by atoms with Crippen LogP contribution in [0.25, 0.3) is 0 Å². The molecule has 0 aliphatic heterocycles. The molecule has 1 aliphatic carbocycles. The number of para-hydroxylation sites is 2. The van der Waals surface area contributed by atoms with Gasteiger partial charge < -0.3 is 14.8 Å². The Hall–Kier alpha value is -1.22. The van der Waals surface area contributed by atoms with Crippen LogP contribution in [0.1, 0.15) is 34.1 Å². The molecule has 1 fully saturated rings. The quantitative estimate of drug-likeness (QED) is 0.854. The third kappa shape index (κ3) is 2.86. The Morgan fingerprint density at radius 3 is 2.47 bits per heavy atom. The summed E-state index contributed by atoms with van der Waals surface area (Å²) in [7, 11) is 0. The molecule has 0 saturated heterocycles. The maximum absolute atomic E-state index is 6.16. The van der Waals surface area contributed by atoms with Crippen LogP contribution in [0.2, 0.25) is 0 Å². The van der Waals surface area contributed by atoms with Crippen molar-refractivity contribution in [3.05, 3.63) is 24.3 Å². The standard InChI is InChI=1S/C16H25NO2/c1-5-17-14-11-15(16(14,3)4)19-13-10-8-7-9-12(13)18-6-2/h7-10,14-15,17H,5-6,11H2,1-4H3. The second-order valence-corrected chi connectivity index (χ2v) is 5.65. The molecular weight excluding hydrogens is 238 g/mol. The molecule has 0 radical (unpaired) electrons. The zero-order valence-corrected chi connectivity index (χ0v) is 12.4. The second kappa shape index (κ2) is 5.83. The molecule has 1 N–H and O–H groups in total. The number of hydrogen-bond donors (Lipinski definition) is 1. The van der Waals surface area contributed by atoms with E-state index in [1.807, 2.05) is 31.2 Å². The lowest BCUT2D eigenvalue weighted by molar-refractivity contribution is -0.0552. The van der Waals surface area contributed by atoms with Gasteiger partial charge in [-0.25, -0.2) is 0 Å². The average Bonchev–Trinajstić information content (AvgIpc) is 2.40. The SMILES string of the molecule is CCNC1CC(Oc2ccccc2OCC)C1(C)C. The summed E-state index contributed by atoms with van der Waals surface area (Å²) in [6.07, 6.45) is 1.31. The van der Waals surface area contributed by atoms with Crippen molar-refractivity contribution in [3.63, 3.8) is 0 Å². The first-order chi connectivity index (χ1) is 9.09. The summed E-state index contributed by atoms with van der Waals surface area (Å²) in [4.78, 5) is 0. The van der Waals surface area contributed by atoms with E-state index in [-0.39, 0.29) is 11.5 Å². The van der Waals surface area contributed by atoms with Gasteiger partial charge in [-0.1, -0.05) is 32.9 Å². The molecular formula is C16H25NO2. The molecule has 1 aromatic rings. The summed E-state index contributed by atoms with van der Waals surface area (Å²) in [6, 6.07) is 8.46. The van der Waals surface area contributed by atoms with Crippen LogP contribution in [0.5, 0.6) is 11.5 Å². The Labute approximate surface area is 116 Å². The van der Waals surface area contributed by atoms with E-state index in [0.29, 0.717) is 12.6 Å². The predicted octanol–water partition coefficient (Wildman–Crippen LogP) is 3.24. The largest absolute Gasteiger partial charge is 0.490 e. The lowest BCUT2D eigenvalue weighted by Crippen LogP contribution is -2.62. The molecule has 19 heavy (non-hydrogen) atoms. The van der Waals surface area contributed by atoms with Gasteiger partial charge in [0.2, 0.25) is 0 Å². The van der Waals surface area contributed by atoms with Gasteiger partial charge in [0.05, 0.1) is 6.61 Å². The van der Waals surface area contributed by atoms with Crippen molar-refractivity contribution in [2.24, 2.45) is 5.41 Å². The molecule has 0 heterocycles. The number of nitrogens with one attached hydrogen (secondary N) is 1. The molecule has 2 rings (SSSR count). The molecule has 3 nitrogen and oxygen atoms in total. The fourth-order valence-electron chi connectivity index (χ4n) is 2.65. The Bertz CT molecular complexity index is 417. The van der Waals surface area contributed by atoms with Gasteiger partial charge in [-0.05, 0) is 25.6 Å². The van der Waals surface area contributed by atoms with Crippen molar-refractivity contribution >= 4 is 0 Å². The van der Waals surface area contributed by atoms with E-state index in [9.17, 15) is 0 Å². The number of ether oxygens (including phenoxy) is 2. The van der Waals surface area contributed by atoms with E-state index in [1.54, 1.807) is 0 Å². The van der Waals surface area contributed by atoms with Gasteiger partial charge in [0, 0.05) is 17.9 Å². The Kier molecular flexibility index (Phi) is 4.35. The monoisotopic (exact) mass is 263 g/mol. The lowest BCUT2D eigenvalue weighted by Gasteiger charge is -2.51. The Balaban J connectivity index is 2.03. The van der Waals surface area contributed by atoms with Gasteiger partial charge >= 0.3 is 0 Å². The van der Waals surface area contributed by atoms with Crippen molar-refractivity contribution < 1.29 is 9.47 Å². The van der Waals surface area contributed by atoms with Crippen molar-refractivity contribution in [2.45, 2.75) is 46.3 Å². The summed E-state index contributed by atoms with van der Waals surface area (Å²) in [5.74, 6) is 1.70. The van der Waals surface area contributed by atoms with Crippen molar-refractivity contribution in [1.82, 2.24) is 5.32 Å². The first-order valence-corrected chi connectivity index (χ1v) is 7.21. The van der Waals surface area contributed by atoms with Gasteiger partial charge in [0.15, 0.2) is 11.5 Å². The van der Waals surface area contributed by atoms with E-state index in [2.05, 4.69) is 26.1 Å². The van der Waals surface area contributed by atoms with Crippen LogP contribution in [-0.4, -0.2) is 25.3 Å². The molecule has 1 aromatic carbocycles. The molecule has 2 unspecified atom stereocenters. The fraction of sp³-hybridized carbons (Fsp3) is 0.625. The third-order valence-electron chi connectivity index (χ3n) is 4.05. The van der Waals surface area contributed by atoms with Gasteiger partial charge in [-0.2, -0.15) is 0 Å². The first kappa shape index (κ1) is 14.2. The highest BCUT2D eigenvalue weighted by atomic mass is 16.5. The van der Waals surface area contributed by atoms with Gasteiger partial charge in [-0.3, -0.25) is 0 Å². The zero-order chi connectivity index (χ0) is 13.9. The smallest absolute Gasteiger partial charge is 0.161 e. The summed E-state index contributed by atoms with van der Waals surface area (Å²) < 4.78 is 11.8. The predicted molar refractivity (Wildman–Crippen MR) is 77.9 cm³/mol. The molecule has 0 bridgehead atoms. The van der Waals surface area contributed by atoms with Crippen molar-refractivity contribution in [3.8, 4) is 11.5 Å². The molecule has 2 atom stereocenters. The van der Waals surface area contributed by atoms with Crippen LogP contribution < -0.4 is 14.8 Å². The third-order valence-corrected chi connectivity index (χ3v) is 4.05. The maximum atomic E-state index is 6.16. The molecule has 106 valence electrons. The number of hydrogen-bond acceptors (Lipinski definition) is 3. The topological polar surface area (TPSA) is 30.5 Å².